The zero-order valence-electron chi connectivity index (χ0n) is 12.6. The third-order valence-electron chi connectivity index (χ3n) is 3.50. The number of rotatable bonds is 7. The second kappa shape index (κ2) is 8.39. The van der Waals surface area contributed by atoms with Crippen molar-refractivity contribution in [3.05, 3.63) is 63.2 Å². The molecule has 0 spiro atoms. The SMILES string of the molecule is CCCNC(Cc1cccc(OC)c1)c1ccccc1I. The third kappa shape index (κ3) is 4.71. The van der Waals surface area contributed by atoms with Crippen LogP contribution in [0.25, 0.3) is 0 Å². The summed E-state index contributed by atoms with van der Waals surface area (Å²) in [5, 5.41) is 3.67. The Bertz CT molecular complexity index is 571. The summed E-state index contributed by atoms with van der Waals surface area (Å²) in [5.41, 5.74) is 2.66. The van der Waals surface area contributed by atoms with Crippen LogP contribution in [0.1, 0.15) is 30.5 Å². The molecule has 0 amide bonds. The van der Waals surface area contributed by atoms with Crippen LogP contribution in [0.5, 0.6) is 5.75 Å². The predicted molar refractivity (Wildman–Crippen MR) is 96.9 cm³/mol. The van der Waals surface area contributed by atoms with E-state index in [-0.39, 0.29) is 0 Å². The van der Waals surface area contributed by atoms with Crippen molar-refractivity contribution in [3.8, 4) is 5.75 Å². The molecule has 0 heterocycles. The molecule has 0 aliphatic heterocycles. The Labute approximate surface area is 141 Å². The number of hydrogen-bond acceptors (Lipinski definition) is 2. The Morgan fingerprint density at radius 2 is 1.95 bits per heavy atom. The third-order valence-corrected chi connectivity index (χ3v) is 4.48. The average Bonchev–Trinajstić information content (AvgIpc) is 2.52. The molecule has 0 saturated carbocycles. The molecule has 1 unspecified atom stereocenters. The molecule has 0 aliphatic carbocycles. The number of halogens is 1. The highest BCUT2D eigenvalue weighted by molar-refractivity contribution is 14.1. The molecule has 0 bridgehead atoms. The van der Waals surface area contributed by atoms with Crippen molar-refractivity contribution in [2.45, 2.75) is 25.8 Å². The van der Waals surface area contributed by atoms with E-state index in [2.05, 4.69) is 77.3 Å². The summed E-state index contributed by atoms with van der Waals surface area (Å²) in [6, 6.07) is 17.3. The van der Waals surface area contributed by atoms with Crippen LogP contribution in [-0.2, 0) is 6.42 Å². The van der Waals surface area contributed by atoms with E-state index in [9.17, 15) is 0 Å². The Balaban J connectivity index is 2.21. The molecule has 1 atom stereocenters. The van der Waals surface area contributed by atoms with Crippen LogP contribution in [0.15, 0.2) is 48.5 Å². The number of ether oxygens (including phenoxy) is 1. The van der Waals surface area contributed by atoms with E-state index < -0.39 is 0 Å². The molecule has 0 fully saturated rings. The molecule has 2 nitrogen and oxygen atoms in total. The van der Waals surface area contributed by atoms with E-state index in [0.29, 0.717) is 6.04 Å². The van der Waals surface area contributed by atoms with Gasteiger partial charge in [-0.3, -0.25) is 0 Å². The Kier molecular flexibility index (Phi) is 6.51. The number of methoxy groups -OCH3 is 1. The van der Waals surface area contributed by atoms with E-state index in [4.69, 9.17) is 4.74 Å². The minimum atomic E-state index is 0.338. The van der Waals surface area contributed by atoms with Gasteiger partial charge in [-0.05, 0) is 71.3 Å². The molecule has 2 aromatic rings. The normalized spacial score (nSPS) is 12.1. The second-order valence-corrected chi connectivity index (χ2v) is 6.25. The van der Waals surface area contributed by atoms with Crippen LogP contribution >= 0.6 is 22.6 Å². The van der Waals surface area contributed by atoms with Crippen molar-refractivity contribution in [1.82, 2.24) is 5.32 Å². The van der Waals surface area contributed by atoms with E-state index >= 15 is 0 Å². The average molecular weight is 395 g/mol. The lowest BCUT2D eigenvalue weighted by Gasteiger charge is -2.21. The maximum absolute atomic E-state index is 5.33. The largest absolute Gasteiger partial charge is 0.497 e. The molecule has 0 aromatic heterocycles. The molecule has 21 heavy (non-hydrogen) atoms. The highest BCUT2D eigenvalue weighted by atomic mass is 127. The first-order valence-corrected chi connectivity index (χ1v) is 8.43. The first-order valence-electron chi connectivity index (χ1n) is 7.35. The highest BCUT2D eigenvalue weighted by Crippen LogP contribution is 2.25. The summed E-state index contributed by atoms with van der Waals surface area (Å²) >= 11 is 2.42. The van der Waals surface area contributed by atoms with Gasteiger partial charge < -0.3 is 10.1 Å². The minimum Gasteiger partial charge on any atom is -0.497 e. The van der Waals surface area contributed by atoms with Crippen LogP contribution in [0, 0.1) is 3.57 Å². The lowest BCUT2D eigenvalue weighted by atomic mass is 9.98. The van der Waals surface area contributed by atoms with Gasteiger partial charge >= 0.3 is 0 Å². The van der Waals surface area contributed by atoms with Crippen molar-refractivity contribution in [2.75, 3.05) is 13.7 Å². The van der Waals surface area contributed by atoms with E-state index in [0.717, 1.165) is 25.1 Å². The predicted octanol–water partition coefficient (Wildman–Crippen LogP) is 4.58. The van der Waals surface area contributed by atoms with Crippen LogP contribution in [-0.4, -0.2) is 13.7 Å². The van der Waals surface area contributed by atoms with Crippen molar-refractivity contribution in [3.63, 3.8) is 0 Å². The van der Waals surface area contributed by atoms with Crippen LogP contribution < -0.4 is 10.1 Å². The van der Waals surface area contributed by atoms with Gasteiger partial charge in [-0.1, -0.05) is 37.3 Å². The second-order valence-electron chi connectivity index (χ2n) is 5.08. The van der Waals surface area contributed by atoms with Gasteiger partial charge in [-0.2, -0.15) is 0 Å². The molecule has 0 saturated heterocycles. The topological polar surface area (TPSA) is 21.3 Å². The summed E-state index contributed by atoms with van der Waals surface area (Å²) in [6.45, 7) is 3.23. The molecule has 2 aromatic carbocycles. The minimum absolute atomic E-state index is 0.338. The molecule has 1 N–H and O–H groups in total. The fourth-order valence-corrected chi connectivity index (χ4v) is 3.17. The molecule has 0 radical (unpaired) electrons. The zero-order chi connectivity index (χ0) is 15.1. The number of nitrogens with one attached hydrogen (secondary N) is 1. The Morgan fingerprint density at radius 1 is 1.14 bits per heavy atom. The monoisotopic (exact) mass is 395 g/mol. The molecule has 112 valence electrons. The van der Waals surface area contributed by atoms with Gasteiger partial charge in [0.1, 0.15) is 5.75 Å². The molecular formula is C18H22INO. The van der Waals surface area contributed by atoms with Gasteiger partial charge in [0, 0.05) is 9.61 Å². The standard InChI is InChI=1S/C18H22INO/c1-3-11-20-18(16-9-4-5-10-17(16)19)13-14-7-6-8-15(12-14)21-2/h4-10,12,18,20H,3,11,13H2,1-2H3. The van der Waals surface area contributed by atoms with Gasteiger partial charge in [0.15, 0.2) is 0 Å². The van der Waals surface area contributed by atoms with Gasteiger partial charge in [0.2, 0.25) is 0 Å². The lowest BCUT2D eigenvalue weighted by Crippen LogP contribution is -2.24. The quantitative estimate of drug-likeness (QED) is 0.693. The summed E-state index contributed by atoms with van der Waals surface area (Å²) in [5.74, 6) is 0.921. The fourth-order valence-electron chi connectivity index (χ4n) is 2.40. The van der Waals surface area contributed by atoms with Crippen molar-refractivity contribution in [1.29, 1.82) is 0 Å². The van der Waals surface area contributed by atoms with E-state index in [1.807, 2.05) is 6.07 Å². The highest BCUT2D eigenvalue weighted by Gasteiger charge is 2.14. The first-order chi connectivity index (χ1) is 10.2. The van der Waals surface area contributed by atoms with E-state index in [1.54, 1.807) is 7.11 Å². The Morgan fingerprint density at radius 3 is 2.67 bits per heavy atom. The summed E-state index contributed by atoms with van der Waals surface area (Å²) in [7, 11) is 1.71. The van der Waals surface area contributed by atoms with Gasteiger partial charge in [0.05, 0.1) is 7.11 Å². The molecular weight excluding hydrogens is 373 g/mol. The van der Waals surface area contributed by atoms with Crippen LogP contribution in [0.3, 0.4) is 0 Å². The smallest absolute Gasteiger partial charge is 0.119 e. The number of benzene rings is 2. The van der Waals surface area contributed by atoms with Gasteiger partial charge in [-0.25, -0.2) is 0 Å². The first kappa shape index (κ1) is 16.3. The van der Waals surface area contributed by atoms with Crippen molar-refractivity contribution >= 4 is 22.6 Å². The summed E-state index contributed by atoms with van der Waals surface area (Å²) in [4.78, 5) is 0. The summed E-state index contributed by atoms with van der Waals surface area (Å²) < 4.78 is 6.64. The lowest BCUT2D eigenvalue weighted by molar-refractivity contribution is 0.413. The maximum Gasteiger partial charge on any atom is 0.119 e. The molecule has 3 heteroatoms. The van der Waals surface area contributed by atoms with Crippen molar-refractivity contribution in [2.24, 2.45) is 0 Å². The molecule has 0 aliphatic rings. The van der Waals surface area contributed by atoms with Crippen molar-refractivity contribution < 1.29 is 4.74 Å². The molecule has 2 rings (SSSR count). The zero-order valence-corrected chi connectivity index (χ0v) is 14.8. The van der Waals surface area contributed by atoms with Gasteiger partial charge in [-0.15, -0.1) is 0 Å². The number of hydrogen-bond donors (Lipinski definition) is 1. The van der Waals surface area contributed by atoms with E-state index in [1.165, 1.54) is 14.7 Å². The van der Waals surface area contributed by atoms with Crippen LogP contribution in [0.4, 0.5) is 0 Å². The summed E-state index contributed by atoms with van der Waals surface area (Å²) in [6.07, 6.45) is 2.11. The van der Waals surface area contributed by atoms with Gasteiger partial charge in [0.25, 0.3) is 0 Å². The maximum atomic E-state index is 5.33. The Hall–Kier alpha value is -1.07. The fraction of sp³-hybridized carbons (Fsp3) is 0.333. The van der Waals surface area contributed by atoms with Crippen LogP contribution in [0.2, 0.25) is 0 Å².